The Hall–Kier alpha value is -5.46. The maximum Gasteiger partial charge on any atom is 0.410 e. The molecule has 1 N–H and O–H groups in total. The number of hydrogen-bond acceptors (Lipinski definition) is 10. The maximum absolute atomic E-state index is 13.6. The summed E-state index contributed by atoms with van der Waals surface area (Å²) >= 11 is 0. The SMILES string of the molecule is COC(=O)N[C@H](C(=O)N1[C@@H](C)CC[C@H]1C(=O)OCC(=O)c1ccc2c(c1)COc1cc3c4c(ccc3cc1-2)N=C([C@@H]1C[C@H](C)CN1C(=O)OC(C)(C)C)C4)C(C)C. The Balaban J connectivity index is 1.03. The number of fused-ring (bicyclic) bond motifs is 6. The van der Waals surface area contributed by atoms with E-state index in [0.717, 1.165) is 56.6 Å². The maximum atomic E-state index is 13.6. The molecule has 2 fully saturated rings. The molecule has 302 valence electrons. The molecule has 13 nitrogen and oxygen atoms in total. The first-order valence-electron chi connectivity index (χ1n) is 19.8. The number of hydrogen-bond donors (Lipinski definition) is 1. The Kier molecular flexibility index (Phi) is 10.8. The van der Waals surface area contributed by atoms with Crippen molar-refractivity contribution in [3.05, 3.63) is 59.2 Å². The summed E-state index contributed by atoms with van der Waals surface area (Å²) in [6.07, 6.45) is 1.39. The lowest BCUT2D eigenvalue weighted by Gasteiger charge is -2.32. The minimum absolute atomic E-state index is 0.122. The Labute approximate surface area is 333 Å². The highest BCUT2D eigenvalue weighted by Crippen LogP contribution is 2.44. The van der Waals surface area contributed by atoms with E-state index in [-0.39, 0.29) is 36.5 Å². The number of nitrogens with one attached hydrogen (secondary N) is 1. The van der Waals surface area contributed by atoms with Gasteiger partial charge < -0.3 is 29.2 Å². The van der Waals surface area contributed by atoms with Crippen molar-refractivity contribution >= 4 is 52.0 Å². The molecule has 13 heteroatoms. The zero-order valence-corrected chi connectivity index (χ0v) is 34.0. The second kappa shape index (κ2) is 15.5. The molecule has 7 rings (SSSR count). The first-order chi connectivity index (χ1) is 27.0. The lowest BCUT2D eigenvalue weighted by atomic mass is 9.90. The van der Waals surface area contributed by atoms with Crippen molar-refractivity contribution in [2.45, 2.75) is 111 Å². The molecule has 0 saturated carbocycles. The van der Waals surface area contributed by atoms with Gasteiger partial charge in [-0.05, 0) is 111 Å². The minimum Gasteiger partial charge on any atom is -0.488 e. The van der Waals surface area contributed by atoms with Crippen molar-refractivity contribution in [3.8, 4) is 16.9 Å². The topological polar surface area (TPSA) is 153 Å². The normalized spacial score (nSPS) is 21.6. The van der Waals surface area contributed by atoms with E-state index < -0.39 is 42.3 Å². The fraction of sp³-hybridized carbons (Fsp3) is 0.500. The van der Waals surface area contributed by atoms with Crippen LogP contribution in [0.3, 0.4) is 0 Å². The largest absolute Gasteiger partial charge is 0.488 e. The highest BCUT2D eigenvalue weighted by atomic mass is 16.6. The van der Waals surface area contributed by atoms with Crippen LogP contribution in [0.2, 0.25) is 0 Å². The number of ether oxygens (including phenoxy) is 4. The molecule has 0 radical (unpaired) electrons. The Morgan fingerprint density at radius 3 is 2.49 bits per heavy atom. The van der Waals surface area contributed by atoms with Crippen molar-refractivity contribution in [1.29, 1.82) is 0 Å². The van der Waals surface area contributed by atoms with Crippen LogP contribution in [0, 0.1) is 11.8 Å². The molecule has 3 amide bonds. The van der Waals surface area contributed by atoms with Crippen molar-refractivity contribution in [3.63, 3.8) is 0 Å². The van der Waals surface area contributed by atoms with Crippen molar-refractivity contribution in [2.24, 2.45) is 16.8 Å². The fourth-order valence-corrected chi connectivity index (χ4v) is 8.54. The summed E-state index contributed by atoms with van der Waals surface area (Å²) < 4.78 is 22.3. The monoisotopic (exact) mass is 780 g/mol. The van der Waals surface area contributed by atoms with Gasteiger partial charge in [-0.2, -0.15) is 0 Å². The Bertz CT molecular complexity index is 2170. The average Bonchev–Trinajstić information content (AvgIpc) is 3.90. The fourth-order valence-electron chi connectivity index (χ4n) is 8.54. The van der Waals surface area contributed by atoms with E-state index in [1.807, 2.05) is 44.7 Å². The number of nitrogens with zero attached hydrogens (tertiary/aromatic N) is 3. The first-order valence-corrected chi connectivity index (χ1v) is 19.8. The predicted octanol–water partition coefficient (Wildman–Crippen LogP) is 7.16. The van der Waals surface area contributed by atoms with E-state index in [1.54, 1.807) is 26.0 Å². The number of rotatable bonds is 8. The number of carbonyl (C=O) groups is 5. The molecule has 2 saturated heterocycles. The Morgan fingerprint density at radius 2 is 1.77 bits per heavy atom. The molecular formula is C44H52N4O9. The molecule has 0 aromatic heterocycles. The smallest absolute Gasteiger partial charge is 0.410 e. The summed E-state index contributed by atoms with van der Waals surface area (Å²) in [7, 11) is 1.22. The molecule has 57 heavy (non-hydrogen) atoms. The van der Waals surface area contributed by atoms with Crippen LogP contribution in [0.1, 0.15) is 89.2 Å². The van der Waals surface area contributed by atoms with Crippen LogP contribution >= 0.6 is 0 Å². The van der Waals surface area contributed by atoms with Gasteiger partial charge >= 0.3 is 18.2 Å². The molecular weight excluding hydrogens is 729 g/mol. The average molecular weight is 781 g/mol. The highest BCUT2D eigenvalue weighted by molar-refractivity contribution is 6.06. The van der Waals surface area contributed by atoms with Crippen LogP contribution in [0.5, 0.6) is 5.75 Å². The van der Waals surface area contributed by atoms with Gasteiger partial charge in [0.1, 0.15) is 30.0 Å². The molecule has 0 unspecified atom stereocenters. The second-order valence-corrected chi connectivity index (χ2v) is 17.1. The van der Waals surface area contributed by atoms with E-state index in [0.29, 0.717) is 37.3 Å². The molecule has 4 aliphatic rings. The van der Waals surface area contributed by atoms with Gasteiger partial charge in [0.25, 0.3) is 0 Å². The van der Waals surface area contributed by atoms with Gasteiger partial charge in [0.05, 0.1) is 18.8 Å². The van der Waals surface area contributed by atoms with E-state index in [1.165, 1.54) is 12.0 Å². The molecule has 4 aliphatic heterocycles. The second-order valence-electron chi connectivity index (χ2n) is 17.1. The quantitative estimate of drug-likeness (QED) is 0.143. The van der Waals surface area contributed by atoms with Gasteiger partial charge in [0.2, 0.25) is 5.91 Å². The van der Waals surface area contributed by atoms with Crippen LogP contribution < -0.4 is 10.1 Å². The third-order valence-corrected chi connectivity index (χ3v) is 11.4. The highest BCUT2D eigenvalue weighted by Gasteiger charge is 2.44. The summed E-state index contributed by atoms with van der Waals surface area (Å²) in [6.45, 7) is 13.6. The number of esters is 1. The summed E-state index contributed by atoms with van der Waals surface area (Å²) in [6, 6.07) is 11.5. The van der Waals surface area contributed by atoms with E-state index in [4.69, 9.17) is 23.9 Å². The molecule has 3 aromatic rings. The number of benzene rings is 3. The van der Waals surface area contributed by atoms with E-state index in [9.17, 15) is 24.0 Å². The van der Waals surface area contributed by atoms with Gasteiger partial charge in [0, 0.05) is 35.8 Å². The van der Waals surface area contributed by atoms with Crippen LogP contribution in [0.4, 0.5) is 15.3 Å². The van der Waals surface area contributed by atoms with E-state index >= 15 is 0 Å². The number of likely N-dealkylation sites (tertiary alicyclic amines) is 2. The van der Waals surface area contributed by atoms with Gasteiger partial charge in [-0.1, -0.05) is 39.0 Å². The van der Waals surface area contributed by atoms with Crippen LogP contribution in [0.25, 0.3) is 21.9 Å². The summed E-state index contributed by atoms with van der Waals surface area (Å²) in [4.78, 5) is 73.7. The lowest BCUT2D eigenvalue weighted by Crippen LogP contribution is -2.55. The van der Waals surface area contributed by atoms with Gasteiger partial charge in [0.15, 0.2) is 12.4 Å². The van der Waals surface area contributed by atoms with Gasteiger partial charge in [-0.25, -0.2) is 14.4 Å². The number of Topliss-reactive ketones (excluding diaryl/α,β-unsaturated/α-hetero) is 1. The van der Waals surface area contributed by atoms with Gasteiger partial charge in [-0.15, -0.1) is 0 Å². The van der Waals surface area contributed by atoms with E-state index in [2.05, 4.69) is 30.4 Å². The van der Waals surface area contributed by atoms with Gasteiger partial charge in [-0.3, -0.25) is 19.5 Å². The first kappa shape index (κ1) is 39.8. The molecule has 4 heterocycles. The zero-order valence-electron chi connectivity index (χ0n) is 34.0. The summed E-state index contributed by atoms with van der Waals surface area (Å²) in [5.74, 6) is -0.616. The number of ketones is 1. The van der Waals surface area contributed by atoms with Crippen LogP contribution in [-0.2, 0) is 36.8 Å². The van der Waals surface area contributed by atoms with Crippen molar-refractivity contribution < 1.29 is 42.9 Å². The summed E-state index contributed by atoms with van der Waals surface area (Å²) in [5.41, 5.74) is 5.48. The van der Waals surface area contributed by atoms with Crippen molar-refractivity contribution in [1.82, 2.24) is 15.1 Å². The predicted molar refractivity (Wildman–Crippen MR) is 214 cm³/mol. The molecule has 0 spiro atoms. The van der Waals surface area contributed by atoms with Crippen LogP contribution in [0.15, 0.2) is 47.5 Å². The molecule has 0 aliphatic carbocycles. The number of methoxy groups -OCH3 is 1. The molecule has 0 bridgehead atoms. The standard InChI is InChI=1S/C44H52N4O9/c1-23(2)39(46-42(52)54-8)40(50)48-25(4)9-14-35(48)41(51)56-22-37(49)27-10-12-29-28(16-27)21-55-38-19-30-26(17-32(29)38)11-13-33-31(30)18-34(45-33)36-15-24(3)20-47(36)43(53)57-44(5,6)7/h10-13,16-17,19,23-25,35-36,39H,9,14-15,18,20-22H2,1-8H3,(H,46,52)/t24-,25-,35-,36-,39-/m0/s1. The molecule has 5 atom stereocenters. The van der Waals surface area contributed by atoms with Crippen LogP contribution in [-0.4, -0.2) is 95.4 Å². The number of alkyl carbamates (subject to hydrolysis) is 1. The molecule has 3 aromatic carbocycles. The lowest BCUT2D eigenvalue weighted by molar-refractivity contribution is -0.154. The summed E-state index contributed by atoms with van der Waals surface area (Å²) in [5, 5.41) is 4.66. The number of carbonyl (C=O) groups excluding carboxylic acids is 5. The van der Waals surface area contributed by atoms with Crippen molar-refractivity contribution in [2.75, 3.05) is 20.3 Å². The zero-order chi connectivity index (χ0) is 40.9. The third kappa shape index (κ3) is 7.93. The Morgan fingerprint density at radius 1 is 1.00 bits per heavy atom. The third-order valence-electron chi connectivity index (χ3n) is 11.4. The minimum atomic E-state index is -0.886. The number of aliphatic imine (C=N–C) groups is 1. The number of amides is 3.